The van der Waals surface area contributed by atoms with Crippen molar-refractivity contribution in [1.82, 2.24) is 0 Å². The zero-order valence-corrected chi connectivity index (χ0v) is 22.1. The van der Waals surface area contributed by atoms with Gasteiger partial charge in [-0.2, -0.15) is 0 Å². The molecule has 0 unspecified atom stereocenters. The van der Waals surface area contributed by atoms with Gasteiger partial charge in [0.2, 0.25) is 0 Å². The molecule has 0 spiro atoms. The van der Waals surface area contributed by atoms with Crippen LogP contribution in [0, 0.1) is 76.6 Å². The van der Waals surface area contributed by atoms with Gasteiger partial charge in [-0.1, -0.05) is 0 Å². The summed E-state index contributed by atoms with van der Waals surface area (Å²) in [7, 11) is 0. The Bertz CT molecular complexity index is 223. The molecule has 0 aliphatic rings. The Morgan fingerprint density at radius 1 is 0.320 bits per heavy atom. The molecule has 0 heterocycles. The van der Waals surface area contributed by atoms with Crippen molar-refractivity contribution in [1.29, 1.82) is 0 Å². The maximum Gasteiger partial charge on any atom is 1.00 e. The van der Waals surface area contributed by atoms with Gasteiger partial charge in [0.1, 0.15) is 0 Å². The van der Waals surface area contributed by atoms with Crippen LogP contribution in [0.1, 0.15) is 0 Å². The van der Waals surface area contributed by atoms with E-state index in [0.29, 0.717) is 0 Å². The van der Waals surface area contributed by atoms with E-state index in [9.17, 15) is 0 Å². The smallest absolute Gasteiger partial charge is 0.356 e. The molecule has 0 radical (unpaired) electrons. The van der Waals surface area contributed by atoms with Crippen molar-refractivity contribution in [2.45, 2.75) is 0 Å². The predicted molar refractivity (Wildman–Crippen MR) is 51.8 cm³/mol. The summed E-state index contributed by atoms with van der Waals surface area (Å²) >= 11 is 0. The minimum Gasteiger partial charge on any atom is -0.356 e. The topological polar surface area (TPSA) is 331 Å². The van der Waals surface area contributed by atoms with Gasteiger partial charge in [-0.25, -0.2) is 0 Å². The molecule has 130 valence electrons. The molecule has 0 aromatic heterocycles. The fourth-order valence-corrected chi connectivity index (χ4v) is 0. The van der Waals surface area contributed by atoms with Crippen LogP contribution in [0.15, 0.2) is 0 Å². The molecular formula is AgN5Na4O15. The minimum absolute atomic E-state index is 0. The van der Waals surface area contributed by atoms with E-state index in [0.717, 1.165) is 0 Å². The first-order valence-electron chi connectivity index (χ1n) is 2.74. The van der Waals surface area contributed by atoms with Gasteiger partial charge in [0, 0.05) is 0 Å². The molecule has 0 aliphatic heterocycles. The molecule has 0 saturated heterocycles. The third kappa shape index (κ3) is 23300. The van der Waals surface area contributed by atoms with Gasteiger partial charge in [-0.15, -0.1) is 0 Å². The Morgan fingerprint density at radius 2 is 0.320 bits per heavy atom. The average molecular weight is 510 g/mol. The van der Waals surface area contributed by atoms with Crippen LogP contribution < -0.4 is 118 Å². The second-order valence-electron chi connectivity index (χ2n) is 1.12. The first-order chi connectivity index (χ1) is 8.66. The van der Waals surface area contributed by atoms with Crippen molar-refractivity contribution >= 4 is 0 Å². The number of hydrogen-bond donors (Lipinski definition) is 0. The Morgan fingerprint density at radius 3 is 0.320 bits per heavy atom. The van der Waals surface area contributed by atoms with Crippen molar-refractivity contribution in [2.24, 2.45) is 0 Å². The molecule has 20 nitrogen and oxygen atoms in total. The van der Waals surface area contributed by atoms with Gasteiger partial charge < -0.3 is 76.6 Å². The van der Waals surface area contributed by atoms with E-state index in [1.807, 2.05) is 0 Å². The van der Waals surface area contributed by atoms with Crippen LogP contribution in [0.4, 0.5) is 0 Å². The largest absolute Gasteiger partial charge is 1.00 e. The summed E-state index contributed by atoms with van der Waals surface area (Å²) in [4.78, 5) is 41.2. The van der Waals surface area contributed by atoms with Crippen molar-refractivity contribution in [3.8, 4) is 0 Å². The standard InChI is InChI=1S/Ag.5NO3.4Na/c;5*2-1(3)4;;;;/q+1;5*-1;4*+1. The van der Waals surface area contributed by atoms with Crippen molar-refractivity contribution in [3.05, 3.63) is 76.6 Å². The molecule has 25 heavy (non-hydrogen) atoms. The van der Waals surface area contributed by atoms with Crippen molar-refractivity contribution in [2.75, 3.05) is 0 Å². The Kier molecular flexibility index (Phi) is 143. The average Bonchev–Trinajstić information content (AvgIpc) is 1.94. The zero-order valence-electron chi connectivity index (χ0n) is 12.7. The SMILES string of the molecule is O=[N+]([O-])[O-].O=[N+]([O-])[O-].O=[N+]([O-])[O-].O=[N+]([O-])[O-].O=[N+]([O-])[O-].[Ag+].[Na+].[Na+].[Na+].[Na+]. The second-order valence-corrected chi connectivity index (χ2v) is 1.12. The molecule has 0 atom stereocenters. The second kappa shape index (κ2) is 56.3. The third-order valence-corrected chi connectivity index (χ3v) is 0. The van der Waals surface area contributed by atoms with E-state index < -0.39 is 25.4 Å². The molecule has 0 bridgehead atoms. The third-order valence-electron chi connectivity index (χ3n) is 0. The van der Waals surface area contributed by atoms with Gasteiger partial charge in [0.05, 0.1) is 25.4 Å². The molecule has 0 rings (SSSR count). The van der Waals surface area contributed by atoms with E-state index in [1.54, 1.807) is 0 Å². The molecule has 0 amide bonds. The van der Waals surface area contributed by atoms with Crippen molar-refractivity contribution in [3.63, 3.8) is 0 Å². The maximum absolute atomic E-state index is 8.25. The molecule has 0 aromatic rings. The molecule has 0 saturated carbocycles. The van der Waals surface area contributed by atoms with E-state index in [-0.39, 0.29) is 141 Å². The molecule has 0 N–H and O–H groups in total. The summed E-state index contributed by atoms with van der Waals surface area (Å²) in [6, 6.07) is 0. The molecule has 25 heteroatoms. The maximum atomic E-state index is 8.25. The summed E-state index contributed by atoms with van der Waals surface area (Å²) in [5, 5.41) is 73.8. The number of rotatable bonds is 0. The van der Waals surface area contributed by atoms with Gasteiger partial charge in [0.15, 0.2) is 0 Å². The van der Waals surface area contributed by atoms with Gasteiger partial charge in [-0.05, 0) is 0 Å². The first-order valence-corrected chi connectivity index (χ1v) is 2.74. The summed E-state index contributed by atoms with van der Waals surface area (Å²) in [6.45, 7) is 0. The quantitative estimate of drug-likeness (QED) is 0.166. The van der Waals surface area contributed by atoms with Crippen LogP contribution >= 0.6 is 0 Å². The monoisotopic (exact) mass is 509 g/mol. The van der Waals surface area contributed by atoms with E-state index in [1.165, 1.54) is 0 Å². The van der Waals surface area contributed by atoms with Crippen LogP contribution in [-0.4, -0.2) is 25.4 Å². The van der Waals surface area contributed by atoms with Crippen LogP contribution in [0.25, 0.3) is 0 Å². The van der Waals surface area contributed by atoms with Crippen LogP contribution in [0.3, 0.4) is 0 Å². The first kappa shape index (κ1) is 63.6. The summed E-state index contributed by atoms with van der Waals surface area (Å²) in [6.07, 6.45) is 0. The van der Waals surface area contributed by atoms with E-state index >= 15 is 0 Å². The summed E-state index contributed by atoms with van der Waals surface area (Å²) in [5.74, 6) is 0. The van der Waals surface area contributed by atoms with E-state index in [4.69, 9.17) is 76.6 Å². The predicted octanol–water partition coefficient (Wildman–Crippen LogP) is -13.2. The zero-order chi connectivity index (χ0) is 17.9. The summed E-state index contributed by atoms with van der Waals surface area (Å²) in [5.41, 5.74) is 0. The van der Waals surface area contributed by atoms with Crippen LogP contribution in [0.2, 0.25) is 0 Å². The van der Waals surface area contributed by atoms with Crippen molar-refractivity contribution < 1.29 is 166 Å². The normalized spacial score (nSPS) is 4.80. The molecule has 0 aliphatic carbocycles. The number of hydrogen-bond acceptors (Lipinski definition) is 15. The summed E-state index contributed by atoms with van der Waals surface area (Å²) < 4.78 is 0. The van der Waals surface area contributed by atoms with Gasteiger partial charge in [0.25, 0.3) is 0 Å². The Balaban J connectivity index is -0.0000000134. The fourth-order valence-electron chi connectivity index (χ4n) is 0. The van der Waals surface area contributed by atoms with Crippen LogP contribution in [-0.2, 0) is 22.4 Å². The number of nitrogens with zero attached hydrogens (tertiary/aromatic N) is 5. The Hall–Kier alpha value is 0.740. The van der Waals surface area contributed by atoms with Gasteiger partial charge in [-0.3, -0.25) is 0 Å². The van der Waals surface area contributed by atoms with Crippen LogP contribution in [0.5, 0.6) is 0 Å². The van der Waals surface area contributed by atoms with Gasteiger partial charge >= 0.3 is 141 Å². The fraction of sp³-hybridized carbons (Fsp3) is 0. The Labute approximate surface area is 239 Å². The van der Waals surface area contributed by atoms with E-state index in [2.05, 4.69) is 0 Å². The molecule has 0 aromatic carbocycles. The molecule has 0 fully saturated rings. The molecular weight excluding hydrogens is 510 g/mol. The minimum atomic E-state index is -1.75.